The molecule has 3 nitrogen and oxygen atoms in total. The Balaban J connectivity index is 0.00000110. The van der Waals surface area contributed by atoms with Gasteiger partial charge < -0.3 is 18.1 Å². The second kappa shape index (κ2) is 6.41. The average molecular weight is 322 g/mol. The van der Waals surface area contributed by atoms with Gasteiger partial charge in [-0.25, -0.2) is 9.56 Å². The number of anilines is 1. The fourth-order valence-electron chi connectivity index (χ4n) is 2.06. The molecule has 3 rings (SSSR count). The van der Waals surface area contributed by atoms with Crippen molar-refractivity contribution in [3.63, 3.8) is 0 Å². The van der Waals surface area contributed by atoms with Gasteiger partial charge in [-0.2, -0.15) is 0 Å². The van der Waals surface area contributed by atoms with Crippen LogP contribution in [0.3, 0.4) is 0 Å². The van der Waals surface area contributed by atoms with Gasteiger partial charge in [0, 0.05) is 17.8 Å². The van der Waals surface area contributed by atoms with Gasteiger partial charge in [-0.15, -0.1) is 11.3 Å². The predicted octanol–water partition coefficient (Wildman–Crippen LogP) is -0.0364. The molecule has 2 N–H and O–H groups in total. The lowest BCUT2D eigenvalue weighted by Gasteiger charge is -2.07. The summed E-state index contributed by atoms with van der Waals surface area (Å²) < 4.78 is 3.23. The third-order valence-electron chi connectivity index (χ3n) is 3.27. The summed E-state index contributed by atoms with van der Waals surface area (Å²) in [5.74, 6) is 0. The van der Waals surface area contributed by atoms with Crippen LogP contribution in [0.4, 0.5) is 5.69 Å². The zero-order chi connectivity index (χ0) is 13.6. The Morgan fingerprint density at radius 2 is 1.86 bits per heavy atom. The number of benzene rings is 2. The van der Waals surface area contributed by atoms with Crippen LogP contribution in [-0.2, 0) is 0 Å². The number of hydrogen-bond donors (Lipinski definition) is 1. The van der Waals surface area contributed by atoms with Crippen molar-refractivity contribution in [2.24, 2.45) is 0 Å². The normalized spacial score (nSPS) is 10.0. The first-order valence-electron chi connectivity index (χ1n) is 6.15. The molecule has 21 heavy (non-hydrogen) atoms. The molecule has 0 spiro atoms. The lowest BCUT2D eigenvalue weighted by atomic mass is 10.2. The maximum Gasteiger partial charge on any atom is 0.201 e. The van der Waals surface area contributed by atoms with Crippen LogP contribution < -0.4 is 28.1 Å². The Kier molecular flexibility index (Phi) is 5.31. The van der Waals surface area contributed by atoms with Crippen molar-refractivity contribution in [1.29, 1.82) is 0 Å². The molecule has 112 valence electrons. The number of halogens is 1. The number of rotatable bonds is 0. The van der Waals surface area contributed by atoms with Crippen molar-refractivity contribution in [3.05, 3.63) is 41.3 Å². The Morgan fingerprint density at radius 1 is 1.14 bits per heavy atom. The average Bonchev–Trinajstić information content (AvgIpc) is 2.37. The first-order chi connectivity index (χ1) is 9.04. The third kappa shape index (κ3) is 3.17. The topological polar surface area (TPSA) is 41.9 Å². The quantitative estimate of drug-likeness (QED) is 0.359. The van der Waals surface area contributed by atoms with E-state index in [9.17, 15) is 0 Å². The van der Waals surface area contributed by atoms with Crippen LogP contribution in [0.5, 0.6) is 0 Å². The SMILES string of the molecule is C.Cc1cc2nc3ccc(=[N+](C)C)cc-3sc2cc1N.[Cl-]. The van der Waals surface area contributed by atoms with E-state index < -0.39 is 0 Å². The van der Waals surface area contributed by atoms with Gasteiger partial charge in [0.05, 0.1) is 20.8 Å². The van der Waals surface area contributed by atoms with E-state index in [1.165, 1.54) is 10.2 Å². The van der Waals surface area contributed by atoms with Gasteiger partial charge in [0.2, 0.25) is 5.36 Å². The monoisotopic (exact) mass is 321 g/mol. The number of nitrogens with two attached hydrogens (primary N) is 1. The molecule has 5 heteroatoms. The minimum atomic E-state index is 0. The fourth-order valence-corrected chi connectivity index (χ4v) is 3.09. The molecule has 1 aliphatic heterocycles. The molecule has 0 amide bonds. The summed E-state index contributed by atoms with van der Waals surface area (Å²) in [4.78, 5) is 5.90. The van der Waals surface area contributed by atoms with Crippen LogP contribution in [0.25, 0.3) is 20.8 Å². The molecule has 1 aromatic carbocycles. The second-order valence-electron chi connectivity index (χ2n) is 4.94. The number of aryl methyl sites for hydroxylation is 1. The van der Waals surface area contributed by atoms with Gasteiger partial charge in [0.1, 0.15) is 14.1 Å². The van der Waals surface area contributed by atoms with Crippen LogP contribution in [0.1, 0.15) is 13.0 Å². The molecule has 0 unspecified atom stereocenters. The highest BCUT2D eigenvalue weighted by molar-refractivity contribution is 7.21. The van der Waals surface area contributed by atoms with Gasteiger partial charge >= 0.3 is 0 Å². The minimum absolute atomic E-state index is 0. The van der Waals surface area contributed by atoms with Crippen molar-refractivity contribution in [2.75, 3.05) is 19.8 Å². The molecule has 0 aromatic heterocycles. The highest BCUT2D eigenvalue weighted by Gasteiger charge is 2.09. The largest absolute Gasteiger partial charge is 1.00 e. The number of fused-ring (bicyclic) bond motifs is 2. The Bertz CT molecular complexity index is 820. The Hall–Kier alpha value is -1.65. The van der Waals surface area contributed by atoms with Crippen LogP contribution >= 0.6 is 11.3 Å². The summed E-state index contributed by atoms with van der Waals surface area (Å²) >= 11 is 1.74. The standard InChI is InChI=1S/C15H15N3S.CH4.ClH/c1-9-6-13-15(8-11(9)16)19-14-7-10(18(2)3)4-5-12(14)17-13;;/h4-8,16H,1-3H3;1H4;1H. The summed E-state index contributed by atoms with van der Waals surface area (Å²) in [5.41, 5.74) is 9.94. The molecule has 0 radical (unpaired) electrons. The summed E-state index contributed by atoms with van der Waals surface area (Å²) in [5, 5.41) is 1.19. The van der Waals surface area contributed by atoms with E-state index in [2.05, 4.69) is 28.8 Å². The molecule has 0 saturated carbocycles. The van der Waals surface area contributed by atoms with E-state index in [4.69, 9.17) is 10.7 Å². The molecular formula is C16H20ClN3S. The van der Waals surface area contributed by atoms with Crippen molar-refractivity contribution in [1.82, 2.24) is 9.56 Å². The van der Waals surface area contributed by atoms with Gasteiger partial charge in [0.15, 0.2) is 0 Å². The molecule has 0 atom stereocenters. The number of hydrogen-bond acceptors (Lipinski definition) is 3. The van der Waals surface area contributed by atoms with Gasteiger partial charge in [-0.3, -0.25) is 0 Å². The maximum absolute atomic E-state index is 5.98. The van der Waals surface area contributed by atoms with Crippen LogP contribution in [0.2, 0.25) is 0 Å². The number of aromatic nitrogens is 1. The second-order valence-corrected chi connectivity index (χ2v) is 6.02. The van der Waals surface area contributed by atoms with Crippen LogP contribution in [0.15, 0.2) is 30.3 Å². The first kappa shape index (κ1) is 17.4. The van der Waals surface area contributed by atoms with E-state index in [1.807, 2.05) is 27.1 Å². The van der Waals surface area contributed by atoms with Crippen molar-refractivity contribution in [2.45, 2.75) is 14.4 Å². The lowest BCUT2D eigenvalue weighted by Crippen LogP contribution is -3.00. The number of nitrogens with zero attached hydrogens (tertiary/aromatic N) is 2. The van der Waals surface area contributed by atoms with E-state index in [1.54, 1.807) is 11.3 Å². The first-order valence-corrected chi connectivity index (χ1v) is 6.97. The molecular weight excluding hydrogens is 302 g/mol. The smallest absolute Gasteiger partial charge is 0.201 e. The van der Waals surface area contributed by atoms with Gasteiger partial charge in [0.25, 0.3) is 0 Å². The highest BCUT2D eigenvalue weighted by Crippen LogP contribution is 2.31. The number of nitrogen functional groups attached to an aromatic ring is 1. The highest BCUT2D eigenvalue weighted by atomic mass is 35.5. The van der Waals surface area contributed by atoms with Crippen molar-refractivity contribution >= 4 is 27.2 Å². The zero-order valence-corrected chi connectivity index (χ0v) is 13.2. The van der Waals surface area contributed by atoms with Gasteiger partial charge in [-0.05, 0) is 30.7 Å². The van der Waals surface area contributed by atoms with Crippen LogP contribution in [0, 0.1) is 6.92 Å². The molecule has 1 aliphatic carbocycles. The lowest BCUT2D eigenvalue weighted by molar-refractivity contribution is -0.00000432. The molecule has 1 aromatic rings. The van der Waals surface area contributed by atoms with E-state index in [0.29, 0.717) is 0 Å². The third-order valence-corrected chi connectivity index (χ3v) is 4.36. The molecule has 0 bridgehead atoms. The van der Waals surface area contributed by atoms with Crippen molar-refractivity contribution in [3.8, 4) is 10.6 Å². The van der Waals surface area contributed by atoms with Gasteiger partial charge in [-0.1, -0.05) is 7.43 Å². The zero-order valence-electron chi connectivity index (χ0n) is 11.6. The summed E-state index contributed by atoms with van der Waals surface area (Å²) in [6.07, 6.45) is 0. The van der Waals surface area contributed by atoms with Crippen LogP contribution in [-0.4, -0.2) is 19.1 Å². The fraction of sp³-hybridized carbons (Fsp3) is 0.250. The van der Waals surface area contributed by atoms with E-state index in [-0.39, 0.29) is 19.8 Å². The summed E-state index contributed by atoms with van der Waals surface area (Å²) in [7, 11) is 4.09. The summed E-state index contributed by atoms with van der Waals surface area (Å²) in [6, 6.07) is 10.4. The Morgan fingerprint density at radius 3 is 2.52 bits per heavy atom. The van der Waals surface area contributed by atoms with E-state index in [0.717, 1.165) is 27.2 Å². The molecule has 1 heterocycles. The molecule has 2 aliphatic rings. The maximum atomic E-state index is 5.98. The Labute approximate surface area is 135 Å². The van der Waals surface area contributed by atoms with E-state index >= 15 is 0 Å². The summed E-state index contributed by atoms with van der Waals surface area (Å²) in [6.45, 7) is 2.01. The predicted molar refractivity (Wildman–Crippen MR) is 89.2 cm³/mol. The molecule has 0 saturated heterocycles. The molecule has 0 fully saturated rings. The minimum Gasteiger partial charge on any atom is -1.00 e. The van der Waals surface area contributed by atoms with Crippen molar-refractivity contribution < 1.29 is 12.4 Å².